The third kappa shape index (κ3) is 3.62. The molecule has 1 fully saturated rings. The summed E-state index contributed by atoms with van der Waals surface area (Å²) >= 11 is 0. The molecule has 0 aromatic carbocycles. The maximum atomic E-state index is 12.5. The number of aromatic nitrogens is 3. The summed E-state index contributed by atoms with van der Waals surface area (Å²) in [7, 11) is 3.62. The van der Waals surface area contributed by atoms with Gasteiger partial charge < -0.3 is 19.7 Å². The molecular weight excluding hydrogens is 294 g/mol. The van der Waals surface area contributed by atoms with Gasteiger partial charge in [0.15, 0.2) is 11.8 Å². The van der Waals surface area contributed by atoms with Crippen LogP contribution >= 0.6 is 0 Å². The van der Waals surface area contributed by atoms with Crippen LogP contribution in [0.25, 0.3) is 0 Å². The molecule has 1 N–H and O–H groups in total. The topological polar surface area (TPSA) is 78.6 Å². The van der Waals surface area contributed by atoms with Crippen molar-refractivity contribution in [1.82, 2.24) is 29.9 Å². The number of guanidine groups is 1. The van der Waals surface area contributed by atoms with Crippen molar-refractivity contribution < 1.29 is 4.79 Å². The van der Waals surface area contributed by atoms with E-state index in [2.05, 4.69) is 48.2 Å². The molecule has 0 aliphatic carbocycles. The first kappa shape index (κ1) is 17.2. The standard InChI is InChI=1S/C15H27N7O/c1-11(2)22-13(23)8-21(9-15(22,3)4)14(16-5)17-7-12-19-18-10-20(12)6/h10-11H,7-9H2,1-6H3,(H,16,17). The van der Waals surface area contributed by atoms with Gasteiger partial charge in [-0.25, -0.2) is 0 Å². The van der Waals surface area contributed by atoms with E-state index in [1.165, 1.54) is 0 Å². The highest BCUT2D eigenvalue weighted by molar-refractivity contribution is 5.88. The number of carbonyl (C=O) groups excluding carboxylic acids is 1. The first-order chi connectivity index (χ1) is 10.8. The zero-order valence-corrected chi connectivity index (χ0v) is 14.9. The van der Waals surface area contributed by atoms with E-state index in [0.717, 1.165) is 12.4 Å². The van der Waals surface area contributed by atoms with Crippen LogP contribution in [0.15, 0.2) is 11.3 Å². The van der Waals surface area contributed by atoms with E-state index in [9.17, 15) is 4.79 Å². The molecule has 1 aliphatic heterocycles. The Bertz CT molecular complexity index is 590. The summed E-state index contributed by atoms with van der Waals surface area (Å²) in [6.07, 6.45) is 1.66. The maximum absolute atomic E-state index is 12.5. The zero-order chi connectivity index (χ0) is 17.2. The lowest BCUT2D eigenvalue weighted by molar-refractivity contribution is -0.145. The molecule has 1 aromatic rings. The Morgan fingerprint density at radius 1 is 1.48 bits per heavy atom. The number of piperazine rings is 1. The fourth-order valence-corrected chi connectivity index (χ4v) is 3.27. The fourth-order valence-electron chi connectivity index (χ4n) is 3.27. The van der Waals surface area contributed by atoms with Gasteiger partial charge in [0.2, 0.25) is 5.91 Å². The highest BCUT2D eigenvalue weighted by atomic mass is 16.2. The van der Waals surface area contributed by atoms with Crippen LogP contribution in [0.1, 0.15) is 33.5 Å². The van der Waals surface area contributed by atoms with E-state index >= 15 is 0 Å². The lowest BCUT2D eigenvalue weighted by Crippen LogP contribution is -2.66. The number of hydrogen-bond donors (Lipinski definition) is 1. The van der Waals surface area contributed by atoms with Crippen LogP contribution in [-0.2, 0) is 18.4 Å². The Labute approximate surface area is 137 Å². The third-order valence-corrected chi connectivity index (χ3v) is 4.06. The van der Waals surface area contributed by atoms with Gasteiger partial charge in [0, 0.05) is 26.7 Å². The number of hydrogen-bond acceptors (Lipinski definition) is 4. The van der Waals surface area contributed by atoms with E-state index < -0.39 is 0 Å². The quantitative estimate of drug-likeness (QED) is 0.636. The molecule has 1 aliphatic rings. The molecule has 0 radical (unpaired) electrons. The van der Waals surface area contributed by atoms with Crippen molar-refractivity contribution in [2.24, 2.45) is 12.0 Å². The smallest absolute Gasteiger partial charge is 0.242 e. The van der Waals surface area contributed by atoms with E-state index in [1.54, 1.807) is 13.4 Å². The predicted molar refractivity (Wildman–Crippen MR) is 88.8 cm³/mol. The Morgan fingerprint density at radius 2 is 2.17 bits per heavy atom. The van der Waals surface area contributed by atoms with Crippen molar-refractivity contribution in [1.29, 1.82) is 0 Å². The molecule has 2 rings (SSSR count). The average Bonchev–Trinajstić information content (AvgIpc) is 2.82. The van der Waals surface area contributed by atoms with Crippen molar-refractivity contribution in [2.45, 2.75) is 45.8 Å². The van der Waals surface area contributed by atoms with Gasteiger partial charge in [0.25, 0.3) is 0 Å². The molecule has 23 heavy (non-hydrogen) atoms. The summed E-state index contributed by atoms with van der Waals surface area (Å²) in [6, 6.07) is 0.188. The highest BCUT2D eigenvalue weighted by Gasteiger charge is 2.40. The Morgan fingerprint density at radius 3 is 2.65 bits per heavy atom. The SMILES string of the molecule is CN=C(NCc1nncn1C)N1CC(=O)N(C(C)C)C(C)(C)C1. The number of amides is 1. The van der Waals surface area contributed by atoms with Gasteiger partial charge in [-0.15, -0.1) is 10.2 Å². The molecule has 0 spiro atoms. The monoisotopic (exact) mass is 321 g/mol. The lowest BCUT2D eigenvalue weighted by atomic mass is 9.96. The van der Waals surface area contributed by atoms with Gasteiger partial charge in [0.05, 0.1) is 18.6 Å². The van der Waals surface area contributed by atoms with Crippen LogP contribution in [0.5, 0.6) is 0 Å². The molecule has 0 saturated carbocycles. The minimum Gasteiger partial charge on any atom is -0.349 e. The van der Waals surface area contributed by atoms with Crippen molar-refractivity contribution in [3.8, 4) is 0 Å². The average molecular weight is 321 g/mol. The van der Waals surface area contributed by atoms with Gasteiger partial charge in [-0.2, -0.15) is 0 Å². The molecule has 128 valence electrons. The first-order valence-electron chi connectivity index (χ1n) is 7.87. The number of nitrogens with zero attached hydrogens (tertiary/aromatic N) is 6. The molecule has 1 amide bonds. The Hall–Kier alpha value is -2.12. The summed E-state index contributed by atoms with van der Waals surface area (Å²) in [5.41, 5.74) is -0.244. The van der Waals surface area contributed by atoms with E-state index in [4.69, 9.17) is 0 Å². The lowest BCUT2D eigenvalue weighted by Gasteiger charge is -2.49. The largest absolute Gasteiger partial charge is 0.349 e. The van der Waals surface area contributed by atoms with E-state index in [0.29, 0.717) is 19.0 Å². The second kappa shape index (κ2) is 6.55. The summed E-state index contributed by atoms with van der Waals surface area (Å²) < 4.78 is 1.85. The molecular formula is C15H27N7O. The Kier molecular flexibility index (Phi) is 4.91. The van der Waals surface area contributed by atoms with Crippen LogP contribution in [0.4, 0.5) is 0 Å². The maximum Gasteiger partial charge on any atom is 0.242 e. The van der Waals surface area contributed by atoms with Gasteiger partial charge in [-0.3, -0.25) is 9.79 Å². The van der Waals surface area contributed by atoms with Gasteiger partial charge in [0.1, 0.15) is 6.33 Å². The Balaban J connectivity index is 2.08. The first-order valence-corrected chi connectivity index (χ1v) is 7.87. The van der Waals surface area contributed by atoms with Crippen molar-refractivity contribution in [3.63, 3.8) is 0 Å². The number of aryl methyl sites for hydroxylation is 1. The van der Waals surface area contributed by atoms with E-state index in [-0.39, 0.29) is 17.5 Å². The van der Waals surface area contributed by atoms with Crippen LogP contribution in [0.3, 0.4) is 0 Å². The van der Waals surface area contributed by atoms with Crippen LogP contribution in [-0.4, -0.2) is 68.1 Å². The minimum absolute atomic E-state index is 0.123. The molecule has 1 aromatic heterocycles. The highest BCUT2D eigenvalue weighted by Crippen LogP contribution is 2.24. The third-order valence-electron chi connectivity index (χ3n) is 4.06. The fraction of sp³-hybridized carbons (Fsp3) is 0.733. The van der Waals surface area contributed by atoms with Crippen molar-refractivity contribution in [3.05, 3.63) is 12.2 Å². The van der Waals surface area contributed by atoms with Crippen molar-refractivity contribution in [2.75, 3.05) is 20.1 Å². The molecule has 8 nitrogen and oxygen atoms in total. The molecule has 2 heterocycles. The second-order valence-corrected chi connectivity index (χ2v) is 6.78. The number of nitrogens with one attached hydrogen (secondary N) is 1. The predicted octanol–water partition coefficient (Wildman–Crippen LogP) is 0.222. The summed E-state index contributed by atoms with van der Waals surface area (Å²) in [5, 5.41) is 11.2. The van der Waals surface area contributed by atoms with Gasteiger partial charge in [-0.05, 0) is 27.7 Å². The van der Waals surface area contributed by atoms with Gasteiger partial charge in [-0.1, -0.05) is 0 Å². The van der Waals surface area contributed by atoms with Crippen LogP contribution in [0.2, 0.25) is 0 Å². The molecule has 0 bridgehead atoms. The summed E-state index contributed by atoms with van der Waals surface area (Å²) in [6.45, 7) is 9.87. The number of aliphatic imine (C=N–C) groups is 1. The molecule has 8 heteroatoms. The molecule has 0 atom stereocenters. The van der Waals surface area contributed by atoms with Crippen molar-refractivity contribution >= 4 is 11.9 Å². The van der Waals surface area contributed by atoms with Crippen LogP contribution in [0, 0.1) is 0 Å². The van der Waals surface area contributed by atoms with E-state index in [1.807, 2.05) is 21.4 Å². The van der Waals surface area contributed by atoms with Gasteiger partial charge >= 0.3 is 0 Å². The second-order valence-electron chi connectivity index (χ2n) is 6.78. The summed E-state index contributed by atoms with van der Waals surface area (Å²) in [4.78, 5) is 20.8. The normalized spacial score (nSPS) is 18.7. The molecule has 0 unspecified atom stereocenters. The minimum atomic E-state index is -0.244. The number of rotatable bonds is 3. The zero-order valence-electron chi connectivity index (χ0n) is 14.9. The van der Waals surface area contributed by atoms with Crippen LogP contribution < -0.4 is 5.32 Å². The number of carbonyl (C=O) groups is 1. The summed E-state index contributed by atoms with van der Waals surface area (Å²) in [5.74, 6) is 1.65. The molecule has 1 saturated heterocycles.